The summed E-state index contributed by atoms with van der Waals surface area (Å²) in [5, 5.41) is 3.57. The van der Waals surface area contributed by atoms with Gasteiger partial charge >= 0.3 is 5.97 Å². The molecule has 0 bridgehead atoms. The van der Waals surface area contributed by atoms with Crippen LogP contribution in [0.15, 0.2) is 36.4 Å². The lowest BCUT2D eigenvalue weighted by Crippen LogP contribution is -2.20. The van der Waals surface area contributed by atoms with E-state index in [1.165, 1.54) is 18.4 Å². The van der Waals surface area contributed by atoms with Crippen LogP contribution in [0.3, 0.4) is 0 Å². The summed E-state index contributed by atoms with van der Waals surface area (Å²) in [4.78, 5) is 24.6. The molecule has 0 spiro atoms. The maximum absolute atomic E-state index is 12.5. The summed E-state index contributed by atoms with van der Waals surface area (Å²) in [6.07, 6.45) is 0.712. The molecule has 1 aromatic carbocycles. The van der Waals surface area contributed by atoms with Crippen LogP contribution in [0.2, 0.25) is 0 Å². The molecule has 2 aromatic rings. The Labute approximate surface area is 134 Å². The fraction of sp³-hybridized carbons (Fsp3) is 0.294. The lowest BCUT2D eigenvalue weighted by molar-refractivity contribution is -0.117. The number of ether oxygens (including phenoxy) is 1. The number of carbonyl (C=O) groups is 2. The summed E-state index contributed by atoms with van der Waals surface area (Å²) in [5.41, 5.74) is 1.80. The Morgan fingerprint density at radius 2 is 1.95 bits per heavy atom. The molecule has 0 aliphatic rings. The van der Waals surface area contributed by atoms with Gasteiger partial charge in [-0.1, -0.05) is 37.3 Å². The van der Waals surface area contributed by atoms with E-state index in [0.717, 1.165) is 11.1 Å². The Morgan fingerprint density at radius 1 is 1.27 bits per heavy atom. The highest BCUT2D eigenvalue weighted by atomic mass is 32.1. The number of thiophene rings is 1. The summed E-state index contributed by atoms with van der Waals surface area (Å²) in [6, 6.07) is 11.5. The van der Waals surface area contributed by atoms with Gasteiger partial charge in [-0.15, -0.1) is 11.3 Å². The molecule has 1 unspecified atom stereocenters. The molecule has 4 nitrogen and oxygen atoms in total. The third-order valence-electron chi connectivity index (χ3n) is 3.46. The maximum Gasteiger partial charge on any atom is 0.348 e. The van der Waals surface area contributed by atoms with E-state index in [1.54, 1.807) is 6.07 Å². The number of anilines is 1. The van der Waals surface area contributed by atoms with Gasteiger partial charge in [0.05, 0.1) is 18.0 Å². The zero-order valence-electron chi connectivity index (χ0n) is 12.9. The van der Waals surface area contributed by atoms with E-state index in [2.05, 4.69) is 5.32 Å². The number of rotatable bonds is 5. The first kappa shape index (κ1) is 16.2. The van der Waals surface area contributed by atoms with Gasteiger partial charge in [0.1, 0.15) is 4.88 Å². The quantitative estimate of drug-likeness (QED) is 0.849. The Morgan fingerprint density at radius 3 is 2.55 bits per heavy atom. The minimum absolute atomic E-state index is 0.0636. The average Bonchev–Trinajstić information content (AvgIpc) is 2.88. The zero-order chi connectivity index (χ0) is 16.1. The van der Waals surface area contributed by atoms with Crippen molar-refractivity contribution in [3.63, 3.8) is 0 Å². The minimum Gasteiger partial charge on any atom is -0.465 e. The summed E-state index contributed by atoms with van der Waals surface area (Å²) in [5.74, 6) is -0.644. The van der Waals surface area contributed by atoms with Crippen LogP contribution in [-0.4, -0.2) is 19.0 Å². The number of carbonyl (C=O) groups excluding carboxylic acids is 2. The molecule has 1 aromatic heterocycles. The van der Waals surface area contributed by atoms with Crippen LogP contribution >= 0.6 is 11.3 Å². The third kappa shape index (κ3) is 3.54. The van der Waals surface area contributed by atoms with Crippen LogP contribution in [0.25, 0.3) is 0 Å². The fourth-order valence-corrected chi connectivity index (χ4v) is 3.30. The second-order valence-corrected chi connectivity index (χ2v) is 6.03. The van der Waals surface area contributed by atoms with Crippen molar-refractivity contribution < 1.29 is 14.3 Å². The van der Waals surface area contributed by atoms with Crippen molar-refractivity contribution in [2.24, 2.45) is 0 Å². The number of benzene rings is 1. The van der Waals surface area contributed by atoms with Crippen LogP contribution < -0.4 is 5.32 Å². The van der Waals surface area contributed by atoms with E-state index in [4.69, 9.17) is 4.74 Å². The van der Waals surface area contributed by atoms with Crippen molar-refractivity contribution in [3.8, 4) is 0 Å². The second kappa shape index (κ2) is 7.22. The molecule has 1 atom stereocenters. The van der Waals surface area contributed by atoms with Crippen molar-refractivity contribution in [3.05, 3.63) is 52.4 Å². The van der Waals surface area contributed by atoms with Gasteiger partial charge in [-0.25, -0.2) is 4.79 Å². The number of amides is 1. The smallest absolute Gasteiger partial charge is 0.348 e. The molecule has 0 saturated carbocycles. The molecule has 1 heterocycles. The molecule has 0 saturated heterocycles. The Balaban J connectivity index is 2.16. The van der Waals surface area contributed by atoms with Gasteiger partial charge in [0, 0.05) is 0 Å². The summed E-state index contributed by atoms with van der Waals surface area (Å²) < 4.78 is 4.73. The standard InChI is InChI=1S/C17H19NO3S/c1-4-13(12-8-6-5-7-9-12)16(19)18-14-10-11(2)15(22-14)17(20)21-3/h5-10,13H,4H2,1-3H3,(H,18,19). The van der Waals surface area contributed by atoms with Crippen molar-refractivity contribution >= 4 is 28.2 Å². The molecular formula is C17H19NO3S. The number of nitrogens with one attached hydrogen (secondary N) is 1. The molecule has 1 N–H and O–H groups in total. The van der Waals surface area contributed by atoms with Gasteiger partial charge in [0.2, 0.25) is 5.91 Å². The molecule has 0 radical (unpaired) electrons. The van der Waals surface area contributed by atoms with Crippen molar-refractivity contribution in [2.75, 3.05) is 12.4 Å². The van der Waals surface area contributed by atoms with Gasteiger partial charge in [-0.05, 0) is 30.5 Å². The zero-order valence-corrected chi connectivity index (χ0v) is 13.7. The van der Waals surface area contributed by atoms with Gasteiger partial charge in [-0.2, -0.15) is 0 Å². The highest BCUT2D eigenvalue weighted by Gasteiger charge is 2.21. The lowest BCUT2D eigenvalue weighted by atomic mass is 9.96. The van der Waals surface area contributed by atoms with Crippen LogP contribution in [0.1, 0.15) is 40.1 Å². The van der Waals surface area contributed by atoms with Crippen LogP contribution in [0, 0.1) is 6.92 Å². The van der Waals surface area contributed by atoms with E-state index in [9.17, 15) is 9.59 Å². The van der Waals surface area contributed by atoms with E-state index in [1.807, 2.05) is 44.2 Å². The first-order valence-electron chi connectivity index (χ1n) is 7.11. The number of esters is 1. The minimum atomic E-state index is -0.377. The number of aryl methyl sites for hydroxylation is 1. The van der Waals surface area contributed by atoms with Crippen molar-refractivity contribution in [1.29, 1.82) is 0 Å². The Bertz CT molecular complexity index is 664. The van der Waals surface area contributed by atoms with Crippen LogP contribution in [-0.2, 0) is 9.53 Å². The average molecular weight is 317 g/mol. The predicted octanol–water partition coefficient (Wildman–Crippen LogP) is 3.98. The van der Waals surface area contributed by atoms with Gasteiger partial charge in [-0.3, -0.25) is 4.79 Å². The normalized spacial score (nSPS) is 11.8. The van der Waals surface area contributed by atoms with Crippen LogP contribution in [0.5, 0.6) is 0 Å². The van der Waals surface area contributed by atoms with Gasteiger partial charge in [0.25, 0.3) is 0 Å². The van der Waals surface area contributed by atoms with Gasteiger partial charge in [0.15, 0.2) is 0 Å². The first-order chi connectivity index (χ1) is 10.6. The molecule has 2 rings (SSSR count). The third-order valence-corrected chi connectivity index (χ3v) is 4.59. The number of hydrogen-bond acceptors (Lipinski definition) is 4. The molecule has 1 amide bonds. The van der Waals surface area contributed by atoms with E-state index in [-0.39, 0.29) is 17.8 Å². The largest absolute Gasteiger partial charge is 0.465 e. The molecule has 0 aliphatic carbocycles. The Hall–Kier alpha value is -2.14. The first-order valence-corrected chi connectivity index (χ1v) is 7.93. The summed E-state index contributed by atoms with van der Waals surface area (Å²) >= 11 is 1.24. The molecule has 0 aliphatic heterocycles. The van der Waals surface area contributed by atoms with Crippen LogP contribution in [0.4, 0.5) is 5.00 Å². The SMILES string of the molecule is CCC(C(=O)Nc1cc(C)c(C(=O)OC)s1)c1ccccc1. The summed E-state index contributed by atoms with van der Waals surface area (Å²) in [6.45, 7) is 3.81. The maximum atomic E-state index is 12.5. The summed E-state index contributed by atoms with van der Waals surface area (Å²) in [7, 11) is 1.35. The van der Waals surface area contributed by atoms with E-state index >= 15 is 0 Å². The van der Waals surface area contributed by atoms with E-state index in [0.29, 0.717) is 16.3 Å². The molecule has 5 heteroatoms. The molecular weight excluding hydrogens is 298 g/mol. The van der Waals surface area contributed by atoms with E-state index < -0.39 is 0 Å². The highest BCUT2D eigenvalue weighted by molar-refractivity contribution is 7.18. The molecule has 22 heavy (non-hydrogen) atoms. The Kier molecular flexibility index (Phi) is 5.33. The van der Waals surface area contributed by atoms with Gasteiger partial charge < -0.3 is 10.1 Å². The lowest BCUT2D eigenvalue weighted by Gasteiger charge is -2.14. The highest BCUT2D eigenvalue weighted by Crippen LogP contribution is 2.29. The second-order valence-electron chi connectivity index (χ2n) is 4.98. The molecule has 116 valence electrons. The fourth-order valence-electron chi connectivity index (χ4n) is 2.31. The van der Waals surface area contributed by atoms with Crippen molar-refractivity contribution in [2.45, 2.75) is 26.2 Å². The number of hydrogen-bond donors (Lipinski definition) is 1. The number of methoxy groups -OCH3 is 1. The predicted molar refractivity (Wildman–Crippen MR) is 88.5 cm³/mol. The topological polar surface area (TPSA) is 55.4 Å². The van der Waals surface area contributed by atoms with Crippen molar-refractivity contribution in [1.82, 2.24) is 0 Å². The monoisotopic (exact) mass is 317 g/mol. The molecule has 0 fully saturated rings.